The largest absolute Gasteiger partial charge is 0.389 e. The molecule has 0 aliphatic carbocycles. The van der Waals surface area contributed by atoms with Crippen molar-refractivity contribution in [1.82, 2.24) is 5.32 Å². The Morgan fingerprint density at radius 1 is 1.50 bits per heavy atom. The Balaban J connectivity index is 2.48. The number of nitrogens with zero attached hydrogens (tertiary/aromatic N) is 1. The van der Waals surface area contributed by atoms with E-state index in [2.05, 4.69) is 5.32 Å². The molecule has 3 nitrogen and oxygen atoms in total. The number of aliphatic hydroxyl groups excluding tert-OH is 1. The van der Waals surface area contributed by atoms with E-state index in [4.69, 9.17) is 5.11 Å². The van der Waals surface area contributed by atoms with Crippen LogP contribution in [0.1, 0.15) is 26.2 Å². The zero-order chi connectivity index (χ0) is 7.61. The van der Waals surface area contributed by atoms with Crippen molar-refractivity contribution < 1.29 is 10.2 Å². The summed E-state index contributed by atoms with van der Waals surface area (Å²) in [5.41, 5.74) is -1.14. The number of rotatable bonds is 1. The van der Waals surface area contributed by atoms with Crippen molar-refractivity contribution in [2.75, 3.05) is 6.54 Å². The summed E-state index contributed by atoms with van der Waals surface area (Å²) in [4.78, 5) is 0. The van der Waals surface area contributed by atoms with Gasteiger partial charge in [-0.25, -0.2) is 5.32 Å². The summed E-state index contributed by atoms with van der Waals surface area (Å²) < 4.78 is 0. The number of hydrogen-bond acceptors (Lipinski definition) is 2. The smallest absolute Gasteiger partial charge is 0.156 e. The van der Waals surface area contributed by atoms with E-state index in [1.807, 2.05) is 0 Å². The monoisotopic (exact) mass is 144 g/mol. The molecular formula is C7H14NO2. The van der Waals surface area contributed by atoms with Crippen LogP contribution in [0.2, 0.25) is 0 Å². The third kappa shape index (κ3) is 1.48. The maximum atomic E-state index is 9.53. The van der Waals surface area contributed by atoms with E-state index in [1.165, 1.54) is 0 Å². The SMILES string of the molecule is CC(O)C1(O)CCCC[N]1. The van der Waals surface area contributed by atoms with Gasteiger partial charge in [0.2, 0.25) is 0 Å². The first kappa shape index (κ1) is 7.98. The highest BCUT2D eigenvalue weighted by atomic mass is 16.4. The van der Waals surface area contributed by atoms with Crippen LogP contribution in [0.25, 0.3) is 0 Å². The highest BCUT2D eigenvalue weighted by Crippen LogP contribution is 2.20. The second-order valence-corrected chi connectivity index (χ2v) is 2.89. The highest BCUT2D eigenvalue weighted by molar-refractivity contribution is 4.83. The molecule has 2 atom stereocenters. The van der Waals surface area contributed by atoms with Gasteiger partial charge in [-0.05, 0) is 26.2 Å². The first-order valence-corrected chi connectivity index (χ1v) is 3.74. The average molecular weight is 144 g/mol. The summed E-state index contributed by atoms with van der Waals surface area (Å²) >= 11 is 0. The molecule has 3 heteroatoms. The van der Waals surface area contributed by atoms with Crippen molar-refractivity contribution in [2.45, 2.75) is 38.0 Å². The molecule has 1 fully saturated rings. The average Bonchev–Trinajstić information content (AvgIpc) is 1.89. The van der Waals surface area contributed by atoms with Crippen LogP contribution in [0, 0.1) is 0 Å². The van der Waals surface area contributed by atoms with Gasteiger partial charge in [-0.2, -0.15) is 0 Å². The fraction of sp³-hybridized carbons (Fsp3) is 1.00. The molecule has 0 aromatic rings. The van der Waals surface area contributed by atoms with Gasteiger partial charge >= 0.3 is 0 Å². The van der Waals surface area contributed by atoms with Gasteiger partial charge < -0.3 is 10.2 Å². The van der Waals surface area contributed by atoms with Crippen molar-refractivity contribution in [2.24, 2.45) is 0 Å². The molecule has 1 heterocycles. The van der Waals surface area contributed by atoms with E-state index >= 15 is 0 Å². The molecule has 1 aliphatic heterocycles. The molecule has 1 aliphatic rings. The first-order valence-electron chi connectivity index (χ1n) is 3.74. The second kappa shape index (κ2) is 2.86. The number of piperidine rings is 1. The van der Waals surface area contributed by atoms with Crippen molar-refractivity contribution in [3.63, 3.8) is 0 Å². The van der Waals surface area contributed by atoms with Crippen molar-refractivity contribution in [3.8, 4) is 0 Å². The van der Waals surface area contributed by atoms with Crippen LogP contribution in [-0.2, 0) is 0 Å². The van der Waals surface area contributed by atoms with E-state index in [-0.39, 0.29) is 0 Å². The summed E-state index contributed by atoms with van der Waals surface area (Å²) in [5.74, 6) is 0. The van der Waals surface area contributed by atoms with Gasteiger partial charge in [-0.1, -0.05) is 0 Å². The Morgan fingerprint density at radius 3 is 2.50 bits per heavy atom. The Bertz CT molecular complexity index is 108. The topological polar surface area (TPSA) is 54.6 Å². The zero-order valence-corrected chi connectivity index (χ0v) is 6.25. The van der Waals surface area contributed by atoms with Crippen LogP contribution < -0.4 is 5.32 Å². The molecule has 0 saturated carbocycles. The lowest BCUT2D eigenvalue weighted by molar-refractivity contribution is -0.109. The molecule has 0 bridgehead atoms. The molecule has 0 amide bonds. The van der Waals surface area contributed by atoms with Crippen molar-refractivity contribution in [1.29, 1.82) is 0 Å². The molecule has 1 rings (SSSR count). The lowest BCUT2D eigenvalue weighted by atomic mass is 9.97. The van der Waals surface area contributed by atoms with Gasteiger partial charge in [0.05, 0.1) is 6.10 Å². The minimum Gasteiger partial charge on any atom is -0.389 e. The minimum absolute atomic E-state index is 0.602. The molecule has 1 saturated heterocycles. The summed E-state index contributed by atoms with van der Waals surface area (Å²) in [6, 6.07) is 0. The lowest BCUT2D eigenvalue weighted by Gasteiger charge is -2.33. The molecule has 1 radical (unpaired) electrons. The molecule has 2 N–H and O–H groups in total. The molecule has 10 heavy (non-hydrogen) atoms. The number of hydrogen-bond donors (Lipinski definition) is 2. The van der Waals surface area contributed by atoms with Gasteiger partial charge in [-0.15, -0.1) is 0 Å². The molecule has 0 aromatic carbocycles. The van der Waals surface area contributed by atoms with E-state index in [9.17, 15) is 5.11 Å². The van der Waals surface area contributed by atoms with Crippen LogP contribution in [0.4, 0.5) is 0 Å². The normalized spacial score (nSPS) is 37.5. The van der Waals surface area contributed by atoms with Gasteiger partial charge in [0, 0.05) is 6.54 Å². The highest BCUT2D eigenvalue weighted by Gasteiger charge is 2.34. The maximum absolute atomic E-state index is 9.53. The van der Waals surface area contributed by atoms with Gasteiger partial charge in [0.1, 0.15) is 0 Å². The predicted octanol–water partition coefficient (Wildman–Crippen LogP) is -0.156. The summed E-state index contributed by atoms with van der Waals surface area (Å²) in [6.07, 6.45) is 1.87. The fourth-order valence-electron chi connectivity index (χ4n) is 1.19. The zero-order valence-electron chi connectivity index (χ0n) is 6.25. The lowest BCUT2D eigenvalue weighted by Crippen LogP contribution is -2.51. The number of aliphatic hydroxyl groups is 2. The summed E-state index contributed by atoms with van der Waals surface area (Å²) in [6.45, 7) is 2.26. The van der Waals surface area contributed by atoms with Crippen LogP contribution in [0.3, 0.4) is 0 Å². The summed E-state index contributed by atoms with van der Waals surface area (Å²) in [7, 11) is 0. The molecule has 0 spiro atoms. The molecular weight excluding hydrogens is 130 g/mol. The third-order valence-electron chi connectivity index (χ3n) is 2.01. The summed E-state index contributed by atoms with van der Waals surface area (Å²) in [5, 5.41) is 22.6. The quantitative estimate of drug-likeness (QED) is 0.537. The Labute approximate surface area is 61.1 Å². The Kier molecular flexibility index (Phi) is 2.28. The van der Waals surface area contributed by atoms with Crippen molar-refractivity contribution >= 4 is 0 Å². The second-order valence-electron chi connectivity index (χ2n) is 2.89. The van der Waals surface area contributed by atoms with Gasteiger partial charge in [0.25, 0.3) is 0 Å². The van der Waals surface area contributed by atoms with Gasteiger partial charge in [-0.3, -0.25) is 0 Å². The van der Waals surface area contributed by atoms with E-state index < -0.39 is 11.8 Å². The standard InChI is InChI=1S/C7H14NO2/c1-6(9)7(10)4-2-3-5-8-7/h6,9-10H,2-5H2,1H3. The van der Waals surface area contributed by atoms with E-state index in [1.54, 1.807) is 6.92 Å². The fourth-order valence-corrected chi connectivity index (χ4v) is 1.19. The van der Waals surface area contributed by atoms with Crippen molar-refractivity contribution in [3.05, 3.63) is 0 Å². The first-order chi connectivity index (χ1) is 4.65. The molecule has 59 valence electrons. The molecule has 0 aromatic heterocycles. The van der Waals surface area contributed by atoms with E-state index in [0.29, 0.717) is 13.0 Å². The predicted molar refractivity (Wildman–Crippen MR) is 37.5 cm³/mol. The van der Waals surface area contributed by atoms with Crippen LogP contribution in [0.15, 0.2) is 0 Å². The third-order valence-corrected chi connectivity index (χ3v) is 2.01. The Hall–Kier alpha value is -0.120. The van der Waals surface area contributed by atoms with Crippen LogP contribution in [0.5, 0.6) is 0 Å². The Morgan fingerprint density at radius 2 is 2.20 bits per heavy atom. The van der Waals surface area contributed by atoms with Crippen LogP contribution in [-0.4, -0.2) is 28.6 Å². The minimum atomic E-state index is -1.14. The van der Waals surface area contributed by atoms with E-state index in [0.717, 1.165) is 12.8 Å². The van der Waals surface area contributed by atoms with Gasteiger partial charge in [0.15, 0.2) is 5.72 Å². The molecule has 2 unspecified atom stereocenters. The van der Waals surface area contributed by atoms with Crippen LogP contribution >= 0.6 is 0 Å². The maximum Gasteiger partial charge on any atom is 0.156 e.